The van der Waals surface area contributed by atoms with Gasteiger partial charge in [-0.3, -0.25) is 0 Å². The normalized spacial score (nSPS) is 13.7. The van der Waals surface area contributed by atoms with E-state index in [9.17, 15) is 12.8 Å². The van der Waals surface area contributed by atoms with Gasteiger partial charge in [0.2, 0.25) is 5.50 Å². The van der Waals surface area contributed by atoms with Crippen LogP contribution in [-0.4, -0.2) is 33.3 Å². The molecule has 0 radical (unpaired) electrons. The monoisotopic (exact) mass is 281 g/mol. The molecule has 110 valence electrons. The summed E-state index contributed by atoms with van der Waals surface area (Å²) >= 11 is 0. The molecule has 0 aliphatic heterocycles. The first-order valence-corrected chi connectivity index (χ1v) is 8.76. The van der Waals surface area contributed by atoms with Gasteiger partial charge >= 0.3 is 0 Å². The first-order chi connectivity index (χ1) is 8.54. The molecule has 18 heavy (non-hydrogen) atoms. The van der Waals surface area contributed by atoms with Crippen LogP contribution < -0.4 is 5.32 Å². The summed E-state index contributed by atoms with van der Waals surface area (Å²) in [5, 5.41) is 2.55. The Morgan fingerprint density at radius 3 is 2.00 bits per heavy atom. The first kappa shape index (κ1) is 17.8. The largest absolute Gasteiger partial charge is 0.316 e. The molecule has 0 fully saturated rings. The Morgan fingerprint density at radius 2 is 1.50 bits per heavy atom. The summed E-state index contributed by atoms with van der Waals surface area (Å²) in [4.78, 5) is 0. The van der Waals surface area contributed by atoms with Crippen molar-refractivity contribution in [3.05, 3.63) is 0 Å². The van der Waals surface area contributed by atoms with Crippen LogP contribution in [0, 0.1) is 0 Å². The minimum absolute atomic E-state index is 0.0230. The van der Waals surface area contributed by atoms with Crippen LogP contribution in [0.2, 0.25) is 0 Å². The zero-order chi connectivity index (χ0) is 13.9. The molecule has 0 aliphatic carbocycles. The lowest BCUT2D eigenvalue weighted by molar-refractivity contribution is 0.407. The summed E-state index contributed by atoms with van der Waals surface area (Å²) in [6, 6.07) is 0. The predicted molar refractivity (Wildman–Crippen MR) is 75.2 cm³/mol. The summed E-state index contributed by atoms with van der Waals surface area (Å²) in [5.74, 6) is -0.0230. The molecule has 1 atom stereocenters. The van der Waals surface area contributed by atoms with Gasteiger partial charge in [0.15, 0.2) is 9.84 Å². The Balaban J connectivity index is 3.53. The van der Waals surface area contributed by atoms with Crippen molar-refractivity contribution < 1.29 is 12.8 Å². The molecular formula is C13H28FNO2S. The third-order valence-electron chi connectivity index (χ3n) is 3.04. The van der Waals surface area contributed by atoms with E-state index in [1.807, 2.05) is 0 Å². The fourth-order valence-electron chi connectivity index (χ4n) is 1.85. The Bertz CT molecular complexity index is 281. The molecule has 1 unspecified atom stereocenters. The fourth-order valence-corrected chi connectivity index (χ4v) is 3.14. The second-order valence-corrected chi connectivity index (χ2v) is 7.06. The lowest BCUT2D eigenvalue weighted by Gasteiger charge is -2.09. The van der Waals surface area contributed by atoms with E-state index in [2.05, 4.69) is 12.2 Å². The number of hydrogen-bond acceptors (Lipinski definition) is 3. The summed E-state index contributed by atoms with van der Waals surface area (Å²) in [7, 11) is -2.00. The molecule has 5 heteroatoms. The number of unbranched alkanes of at least 4 members (excludes halogenated alkanes) is 7. The highest BCUT2D eigenvalue weighted by atomic mass is 32.2. The summed E-state index contributed by atoms with van der Waals surface area (Å²) in [6.45, 7) is 2.07. The molecule has 0 aliphatic rings. The van der Waals surface area contributed by atoms with Crippen molar-refractivity contribution in [1.29, 1.82) is 0 Å². The summed E-state index contributed by atoms with van der Waals surface area (Å²) in [5.41, 5.74) is -1.76. The van der Waals surface area contributed by atoms with E-state index in [-0.39, 0.29) is 12.3 Å². The van der Waals surface area contributed by atoms with Crippen LogP contribution in [-0.2, 0) is 9.84 Å². The van der Waals surface area contributed by atoms with Crippen LogP contribution in [0.3, 0.4) is 0 Å². The third kappa shape index (κ3) is 8.86. The number of alkyl halides is 1. The number of rotatable bonds is 12. The number of sulfone groups is 1. The van der Waals surface area contributed by atoms with Gasteiger partial charge in [0, 0.05) is 6.54 Å². The minimum Gasteiger partial charge on any atom is -0.316 e. The molecule has 0 aromatic heterocycles. The minimum atomic E-state index is -3.55. The van der Waals surface area contributed by atoms with Crippen molar-refractivity contribution in [2.75, 3.05) is 19.3 Å². The average molecular weight is 281 g/mol. The van der Waals surface area contributed by atoms with Crippen molar-refractivity contribution in [3.8, 4) is 0 Å². The van der Waals surface area contributed by atoms with Crippen molar-refractivity contribution in [3.63, 3.8) is 0 Å². The van der Waals surface area contributed by atoms with Gasteiger partial charge in [0.05, 0.1) is 5.75 Å². The van der Waals surface area contributed by atoms with Crippen LogP contribution in [0.15, 0.2) is 0 Å². The lowest BCUT2D eigenvalue weighted by Crippen LogP contribution is -2.29. The van der Waals surface area contributed by atoms with Gasteiger partial charge < -0.3 is 5.32 Å². The quantitative estimate of drug-likeness (QED) is 0.559. The lowest BCUT2D eigenvalue weighted by atomic mass is 10.1. The Labute approximate surface area is 111 Å². The van der Waals surface area contributed by atoms with Crippen molar-refractivity contribution >= 4 is 9.84 Å². The maximum Gasteiger partial charge on any atom is 0.213 e. The zero-order valence-electron chi connectivity index (χ0n) is 11.8. The molecule has 0 aromatic carbocycles. The predicted octanol–water partition coefficient (Wildman–Crippen LogP) is 3.06. The maximum atomic E-state index is 13.2. The Hall–Kier alpha value is -0.160. The molecule has 3 nitrogen and oxygen atoms in total. The van der Waals surface area contributed by atoms with Gasteiger partial charge in [0.25, 0.3) is 0 Å². The van der Waals surface area contributed by atoms with E-state index >= 15 is 0 Å². The van der Waals surface area contributed by atoms with E-state index in [4.69, 9.17) is 0 Å². The highest BCUT2D eigenvalue weighted by Gasteiger charge is 2.23. The summed E-state index contributed by atoms with van der Waals surface area (Å²) in [6.07, 6.45) is 8.70. The van der Waals surface area contributed by atoms with Crippen molar-refractivity contribution in [1.82, 2.24) is 5.32 Å². The molecule has 0 saturated heterocycles. The van der Waals surface area contributed by atoms with Crippen LogP contribution in [0.25, 0.3) is 0 Å². The smallest absolute Gasteiger partial charge is 0.213 e. The van der Waals surface area contributed by atoms with E-state index < -0.39 is 15.3 Å². The van der Waals surface area contributed by atoms with E-state index in [0.717, 1.165) is 19.3 Å². The standard InChI is InChI=1S/C13H28FNO2S/c1-3-4-5-6-7-8-9-10-11-18(16,17)13(14)12-15-2/h13,15H,3-12H2,1-2H3. The third-order valence-corrected chi connectivity index (χ3v) is 4.84. The molecular weight excluding hydrogens is 253 g/mol. The van der Waals surface area contributed by atoms with Gasteiger partial charge in [-0.25, -0.2) is 12.8 Å². The van der Waals surface area contributed by atoms with Gasteiger partial charge in [-0.2, -0.15) is 0 Å². The molecule has 0 saturated carbocycles. The maximum absolute atomic E-state index is 13.2. The fraction of sp³-hybridized carbons (Fsp3) is 1.00. The van der Waals surface area contributed by atoms with Crippen molar-refractivity contribution in [2.45, 2.75) is 63.8 Å². The van der Waals surface area contributed by atoms with Crippen molar-refractivity contribution in [2.24, 2.45) is 0 Å². The number of halogens is 1. The molecule has 0 rings (SSSR count). The van der Waals surface area contributed by atoms with Crippen LogP contribution in [0.1, 0.15) is 58.3 Å². The average Bonchev–Trinajstić information content (AvgIpc) is 2.33. The number of nitrogens with one attached hydrogen (secondary N) is 1. The van der Waals surface area contributed by atoms with Gasteiger partial charge in [-0.1, -0.05) is 51.9 Å². The SMILES string of the molecule is CCCCCCCCCCS(=O)(=O)C(F)CNC. The second-order valence-electron chi connectivity index (χ2n) is 4.81. The molecule has 0 spiro atoms. The molecule has 0 aromatic rings. The molecule has 1 N–H and O–H groups in total. The molecule has 0 bridgehead atoms. The van der Waals surface area contributed by atoms with Gasteiger partial charge in [-0.05, 0) is 13.5 Å². The Morgan fingerprint density at radius 1 is 1.00 bits per heavy atom. The molecule has 0 amide bonds. The summed E-state index contributed by atoms with van der Waals surface area (Å²) < 4.78 is 36.2. The molecule has 0 heterocycles. The van der Waals surface area contributed by atoms with E-state index in [0.29, 0.717) is 6.42 Å². The first-order valence-electron chi connectivity index (χ1n) is 7.04. The van der Waals surface area contributed by atoms with Crippen LogP contribution in [0.4, 0.5) is 4.39 Å². The highest BCUT2D eigenvalue weighted by molar-refractivity contribution is 7.91. The second kappa shape index (κ2) is 10.7. The topological polar surface area (TPSA) is 46.2 Å². The number of hydrogen-bond donors (Lipinski definition) is 1. The van der Waals surface area contributed by atoms with Gasteiger partial charge in [0.1, 0.15) is 0 Å². The Kier molecular flexibility index (Phi) is 10.6. The van der Waals surface area contributed by atoms with E-state index in [1.165, 1.54) is 25.7 Å². The highest BCUT2D eigenvalue weighted by Crippen LogP contribution is 2.11. The zero-order valence-corrected chi connectivity index (χ0v) is 12.6. The van der Waals surface area contributed by atoms with Crippen LogP contribution in [0.5, 0.6) is 0 Å². The van der Waals surface area contributed by atoms with Crippen LogP contribution >= 0.6 is 0 Å². The van der Waals surface area contributed by atoms with E-state index in [1.54, 1.807) is 7.05 Å². The van der Waals surface area contributed by atoms with Gasteiger partial charge in [-0.15, -0.1) is 0 Å².